The predicted octanol–water partition coefficient (Wildman–Crippen LogP) is 1.14. The Balaban J connectivity index is 1.84. The average Bonchev–Trinajstić information content (AvgIpc) is 2.32. The van der Waals surface area contributed by atoms with Crippen molar-refractivity contribution in [3.63, 3.8) is 0 Å². The van der Waals surface area contributed by atoms with Gasteiger partial charge in [-0.25, -0.2) is 4.79 Å². The Kier molecular flexibility index (Phi) is 3.60. The lowest BCUT2D eigenvalue weighted by Gasteiger charge is -2.38. The van der Waals surface area contributed by atoms with Gasteiger partial charge in [0, 0.05) is 18.8 Å². The highest BCUT2D eigenvalue weighted by Crippen LogP contribution is 2.32. The van der Waals surface area contributed by atoms with Crippen LogP contribution in [0.4, 0.5) is 0 Å². The van der Waals surface area contributed by atoms with Crippen LogP contribution in [-0.2, 0) is 16.0 Å². The Morgan fingerprint density at radius 2 is 2.22 bits per heavy atom. The molecule has 0 unspecified atom stereocenters. The molecule has 1 aliphatic rings. The highest BCUT2D eigenvalue weighted by molar-refractivity contribution is 5.87. The van der Waals surface area contributed by atoms with Crippen LogP contribution in [-0.4, -0.2) is 27.5 Å². The van der Waals surface area contributed by atoms with Gasteiger partial charge in [0.1, 0.15) is 5.54 Å². The van der Waals surface area contributed by atoms with Gasteiger partial charge in [-0.1, -0.05) is 6.07 Å². The molecule has 0 aromatic carbocycles. The Morgan fingerprint density at radius 3 is 2.72 bits per heavy atom. The van der Waals surface area contributed by atoms with Crippen molar-refractivity contribution in [2.45, 2.75) is 37.6 Å². The van der Waals surface area contributed by atoms with Crippen molar-refractivity contribution in [3.8, 4) is 0 Å². The fourth-order valence-electron chi connectivity index (χ4n) is 2.06. The third-order valence-corrected chi connectivity index (χ3v) is 3.36. The molecule has 2 N–H and O–H groups in total. The van der Waals surface area contributed by atoms with E-state index in [0.29, 0.717) is 25.7 Å². The molecule has 1 aromatic heterocycles. The lowest BCUT2D eigenvalue weighted by Crippen LogP contribution is -2.59. The van der Waals surface area contributed by atoms with Gasteiger partial charge in [0.05, 0.1) is 0 Å². The second-order valence-corrected chi connectivity index (χ2v) is 4.65. The number of amides is 1. The van der Waals surface area contributed by atoms with Crippen LogP contribution in [0.5, 0.6) is 0 Å². The zero-order valence-electron chi connectivity index (χ0n) is 10.1. The van der Waals surface area contributed by atoms with Crippen molar-refractivity contribution in [3.05, 3.63) is 30.1 Å². The molecule has 0 aliphatic heterocycles. The van der Waals surface area contributed by atoms with Crippen molar-refractivity contribution < 1.29 is 14.7 Å². The van der Waals surface area contributed by atoms with E-state index in [0.717, 1.165) is 12.0 Å². The molecule has 2 rings (SSSR count). The van der Waals surface area contributed by atoms with E-state index in [-0.39, 0.29) is 5.91 Å². The van der Waals surface area contributed by atoms with Crippen LogP contribution < -0.4 is 5.32 Å². The van der Waals surface area contributed by atoms with E-state index in [9.17, 15) is 9.59 Å². The van der Waals surface area contributed by atoms with Crippen molar-refractivity contribution in [1.29, 1.82) is 0 Å². The van der Waals surface area contributed by atoms with Crippen molar-refractivity contribution in [2.24, 2.45) is 0 Å². The summed E-state index contributed by atoms with van der Waals surface area (Å²) < 4.78 is 0. The largest absolute Gasteiger partial charge is 0.480 e. The first-order valence-corrected chi connectivity index (χ1v) is 6.06. The van der Waals surface area contributed by atoms with Crippen LogP contribution in [0.2, 0.25) is 0 Å². The van der Waals surface area contributed by atoms with Gasteiger partial charge in [-0.3, -0.25) is 9.78 Å². The van der Waals surface area contributed by atoms with Crippen LogP contribution in [0.1, 0.15) is 31.2 Å². The Bertz CT molecular complexity index is 441. The molecule has 5 nitrogen and oxygen atoms in total. The monoisotopic (exact) mass is 248 g/mol. The highest BCUT2D eigenvalue weighted by Gasteiger charge is 2.45. The van der Waals surface area contributed by atoms with E-state index < -0.39 is 11.5 Å². The van der Waals surface area contributed by atoms with Crippen LogP contribution in [0.25, 0.3) is 0 Å². The van der Waals surface area contributed by atoms with E-state index in [1.165, 1.54) is 0 Å². The summed E-state index contributed by atoms with van der Waals surface area (Å²) in [7, 11) is 0. The molecule has 5 heteroatoms. The minimum Gasteiger partial charge on any atom is -0.480 e. The van der Waals surface area contributed by atoms with Crippen molar-refractivity contribution in [1.82, 2.24) is 10.3 Å². The van der Waals surface area contributed by atoms with Crippen molar-refractivity contribution >= 4 is 11.9 Å². The summed E-state index contributed by atoms with van der Waals surface area (Å²) in [5, 5.41) is 11.7. The van der Waals surface area contributed by atoms with Gasteiger partial charge in [0.15, 0.2) is 0 Å². The first kappa shape index (κ1) is 12.5. The molecule has 1 aromatic rings. The molecule has 1 aliphatic carbocycles. The summed E-state index contributed by atoms with van der Waals surface area (Å²) in [6.07, 6.45) is 6.17. The van der Waals surface area contributed by atoms with Crippen LogP contribution in [0.15, 0.2) is 24.5 Å². The number of pyridine rings is 1. The van der Waals surface area contributed by atoms with Gasteiger partial charge in [0.25, 0.3) is 0 Å². The van der Waals surface area contributed by atoms with Crippen LogP contribution >= 0.6 is 0 Å². The molecule has 0 atom stereocenters. The Labute approximate surface area is 105 Å². The number of carbonyl (C=O) groups is 2. The van der Waals surface area contributed by atoms with E-state index in [1.807, 2.05) is 12.1 Å². The van der Waals surface area contributed by atoms with Gasteiger partial charge < -0.3 is 10.4 Å². The zero-order valence-corrected chi connectivity index (χ0v) is 10.1. The molecule has 1 heterocycles. The number of hydrogen-bond donors (Lipinski definition) is 2. The third-order valence-electron chi connectivity index (χ3n) is 3.36. The normalized spacial score (nSPS) is 16.7. The molecule has 0 bridgehead atoms. The number of aromatic nitrogens is 1. The maximum Gasteiger partial charge on any atom is 0.329 e. The number of rotatable bonds is 5. The molecule has 0 saturated heterocycles. The first-order chi connectivity index (χ1) is 8.62. The number of aryl methyl sites for hydroxylation is 1. The van der Waals surface area contributed by atoms with E-state index in [4.69, 9.17) is 5.11 Å². The number of carboxylic acids is 1. The quantitative estimate of drug-likeness (QED) is 0.819. The topological polar surface area (TPSA) is 79.3 Å². The van der Waals surface area contributed by atoms with Crippen LogP contribution in [0, 0.1) is 0 Å². The molecule has 1 amide bonds. The zero-order chi connectivity index (χ0) is 13.0. The fraction of sp³-hybridized carbons (Fsp3) is 0.462. The summed E-state index contributed by atoms with van der Waals surface area (Å²) in [6.45, 7) is 0. The Morgan fingerprint density at radius 1 is 1.44 bits per heavy atom. The third kappa shape index (κ3) is 2.67. The van der Waals surface area contributed by atoms with Crippen LogP contribution in [0.3, 0.4) is 0 Å². The smallest absolute Gasteiger partial charge is 0.329 e. The van der Waals surface area contributed by atoms with Gasteiger partial charge in [0.2, 0.25) is 5.91 Å². The summed E-state index contributed by atoms with van der Waals surface area (Å²) in [5.74, 6) is -1.13. The van der Waals surface area contributed by atoms with E-state index in [2.05, 4.69) is 10.3 Å². The maximum absolute atomic E-state index is 11.7. The molecule has 18 heavy (non-hydrogen) atoms. The molecular formula is C13H16N2O3. The molecule has 96 valence electrons. The lowest BCUT2D eigenvalue weighted by atomic mass is 9.76. The molecule has 0 radical (unpaired) electrons. The maximum atomic E-state index is 11.7. The first-order valence-electron chi connectivity index (χ1n) is 6.06. The van der Waals surface area contributed by atoms with Gasteiger partial charge in [-0.05, 0) is 37.3 Å². The molecule has 1 fully saturated rings. The Hall–Kier alpha value is -1.91. The van der Waals surface area contributed by atoms with Gasteiger partial charge in [-0.2, -0.15) is 0 Å². The summed E-state index contributed by atoms with van der Waals surface area (Å²) in [5.41, 5.74) is -0.0305. The predicted molar refractivity (Wildman–Crippen MR) is 64.9 cm³/mol. The van der Waals surface area contributed by atoms with Crippen molar-refractivity contribution in [2.75, 3.05) is 0 Å². The van der Waals surface area contributed by atoms with Gasteiger partial charge >= 0.3 is 5.97 Å². The second-order valence-electron chi connectivity index (χ2n) is 4.65. The lowest BCUT2D eigenvalue weighted by molar-refractivity contribution is -0.151. The standard InChI is InChI=1S/C13H16N2O3/c16-11(5-4-10-3-1-8-14-9-10)15-13(12(17)18)6-2-7-13/h1,3,8-9H,2,4-7H2,(H,15,16)(H,17,18). The number of carbonyl (C=O) groups excluding carboxylic acids is 1. The summed E-state index contributed by atoms with van der Waals surface area (Å²) >= 11 is 0. The van der Waals surface area contributed by atoms with Gasteiger partial charge in [-0.15, -0.1) is 0 Å². The molecule has 0 spiro atoms. The fourth-order valence-corrected chi connectivity index (χ4v) is 2.06. The number of hydrogen-bond acceptors (Lipinski definition) is 3. The number of aliphatic carboxylic acids is 1. The minimum absolute atomic E-state index is 0.207. The molecule has 1 saturated carbocycles. The SMILES string of the molecule is O=C(CCc1cccnc1)NC1(C(=O)O)CCC1. The molecular weight excluding hydrogens is 232 g/mol. The minimum atomic E-state index is -1.01. The number of nitrogens with one attached hydrogen (secondary N) is 1. The average molecular weight is 248 g/mol. The summed E-state index contributed by atoms with van der Waals surface area (Å²) in [4.78, 5) is 26.8. The number of nitrogens with zero attached hydrogens (tertiary/aromatic N) is 1. The highest BCUT2D eigenvalue weighted by atomic mass is 16.4. The number of carboxylic acid groups (broad SMARTS) is 1. The van der Waals surface area contributed by atoms with E-state index in [1.54, 1.807) is 12.4 Å². The van der Waals surface area contributed by atoms with E-state index >= 15 is 0 Å². The second kappa shape index (κ2) is 5.16. The summed E-state index contributed by atoms with van der Waals surface area (Å²) in [6, 6.07) is 3.72.